The largest absolute Gasteiger partial charge is 0.109 e. The normalized spacial score (nSPS) is 9.25. The lowest BCUT2D eigenvalue weighted by atomic mass is 9.69. The second-order valence-corrected chi connectivity index (χ2v) is 2.22. The average Bonchev–Trinajstić information content (AvgIpc) is 1.81. The first kappa shape index (κ1) is 8.06. The van der Waals surface area contributed by atoms with Gasteiger partial charge in [0.15, 0.2) is 0 Å². The van der Waals surface area contributed by atoms with Crippen molar-refractivity contribution >= 4 is 7.28 Å². The maximum atomic E-state index is 2.39. The molecule has 0 N–H and O–H groups in total. The zero-order chi connectivity index (χ0) is 6.24. The summed E-state index contributed by atoms with van der Waals surface area (Å²) in [7, 11) is 2.39. The van der Waals surface area contributed by atoms with Crippen molar-refractivity contribution in [3.8, 4) is 0 Å². The van der Waals surface area contributed by atoms with Gasteiger partial charge >= 0.3 is 0 Å². The molecule has 0 bridgehead atoms. The summed E-state index contributed by atoms with van der Waals surface area (Å²) in [6.07, 6.45) is 6.65. The molecule has 0 aliphatic rings. The summed E-state index contributed by atoms with van der Waals surface area (Å²) in [5.41, 5.74) is 0. The molecule has 1 radical (unpaired) electrons. The van der Waals surface area contributed by atoms with Crippen molar-refractivity contribution in [1.82, 2.24) is 0 Å². The van der Waals surface area contributed by atoms with Crippen molar-refractivity contribution in [3.05, 3.63) is 0 Å². The SMILES string of the molecule is CCC[B]CCCC. The molecular weight excluding hydrogens is 94.9 g/mol. The summed E-state index contributed by atoms with van der Waals surface area (Å²) in [5, 5.41) is 0. The summed E-state index contributed by atoms with van der Waals surface area (Å²) >= 11 is 0. The highest BCUT2D eigenvalue weighted by molar-refractivity contribution is 6.35. The Morgan fingerprint density at radius 1 is 1.00 bits per heavy atom. The molecule has 0 amide bonds. The standard InChI is InChI=1S/C7H16B/c1-3-5-7-8-6-4-2/h3-7H2,1-2H3. The Bertz CT molecular complexity index is 29.4. The van der Waals surface area contributed by atoms with Crippen LogP contribution >= 0.6 is 0 Å². The summed E-state index contributed by atoms with van der Waals surface area (Å²) in [6, 6.07) is 0. The Labute approximate surface area is 53.9 Å². The third-order valence-corrected chi connectivity index (χ3v) is 1.25. The van der Waals surface area contributed by atoms with Crippen molar-refractivity contribution in [3.63, 3.8) is 0 Å². The molecule has 47 valence electrons. The first-order valence-electron chi connectivity index (χ1n) is 3.73. The van der Waals surface area contributed by atoms with Gasteiger partial charge in [0.1, 0.15) is 7.28 Å². The smallest absolute Gasteiger partial charge is 0.0806 e. The van der Waals surface area contributed by atoms with E-state index < -0.39 is 0 Å². The molecule has 0 aliphatic carbocycles. The lowest BCUT2D eigenvalue weighted by Crippen LogP contribution is -1.85. The van der Waals surface area contributed by atoms with Crippen LogP contribution in [0, 0.1) is 0 Å². The Morgan fingerprint density at radius 2 is 1.75 bits per heavy atom. The molecule has 0 aromatic carbocycles. The summed E-state index contributed by atoms with van der Waals surface area (Å²) < 4.78 is 0. The van der Waals surface area contributed by atoms with Gasteiger partial charge in [-0.3, -0.25) is 0 Å². The lowest BCUT2D eigenvalue weighted by Gasteiger charge is -1.91. The summed E-state index contributed by atoms with van der Waals surface area (Å²) in [5.74, 6) is 0. The zero-order valence-corrected chi connectivity index (χ0v) is 6.11. The molecular formula is C7H16B. The molecule has 0 aliphatic heterocycles. The van der Waals surface area contributed by atoms with Crippen LogP contribution in [-0.2, 0) is 0 Å². The van der Waals surface area contributed by atoms with Gasteiger partial charge in [-0.15, -0.1) is 0 Å². The van der Waals surface area contributed by atoms with Crippen LogP contribution in [0.4, 0.5) is 0 Å². The van der Waals surface area contributed by atoms with Gasteiger partial charge in [-0.2, -0.15) is 0 Å². The van der Waals surface area contributed by atoms with E-state index in [1.165, 1.54) is 31.9 Å². The van der Waals surface area contributed by atoms with E-state index in [9.17, 15) is 0 Å². The van der Waals surface area contributed by atoms with E-state index in [0.717, 1.165) is 0 Å². The minimum Gasteiger partial charge on any atom is -0.0806 e. The zero-order valence-electron chi connectivity index (χ0n) is 6.11. The fourth-order valence-corrected chi connectivity index (χ4v) is 0.697. The van der Waals surface area contributed by atoms with E-state index in [4.69, 9.17) is 0 Å². The number of rotatable bonds is 5. The monoisotopic (exact) mass is 111 g/mol. The van der Waals surface area contributed by atoms with Gasteiger partial charge in [0.2, 0.25) is 0 Å². The molecule has 0 saturated heterocycles. The van der Waals surface area contributed by atoms with Crippen LogP contribution in [0.3, 0.4) is 0 Å². The lowest BCUT2D eigenvalue weighted by molar-refractivity contribution is 0.874. The minimum absolute atomic E-state index is 1.31. The summed E-state index contributed by atoms with van der Waals surface area (Å²) in [4.78, 5) is 0. The maximum absolute atomic E-state index is 2.39. The van der Waals surface area contributed by atoms with E-state index in [2.05, 4.69) is 21.1 Å². The fourth-order valence-electron chi connectivity index (χ4n) is 0.697. The van der Waals surface area contributed by atoms with E-state index in [1.54, 1.807) is 0 Å². The van der Waals surface area contributed by atoms with Crippen LogP contribution in [0.25, 0.3) is 0 Å². The van der Waals surface area contributed by atoms with E-state index >= 15 is 0 Å². The molecule has 0 rings (SSSR count). The van der Waals surface area contributed by atoms with Gasteiger partial charge in [-0.05, 0) is 0 Å². The second kappa shape index (κ2) is 7.06. The van der Waals surface area contributed by atoms with Gasteiger partial charge in [-0.25, -0.2) is 0 Å². The van der Waals surface area contributed by atoms with Gasteiger partial charge in [0, 0.05) is 0 Å². The van der Waals surface area contributed by atoms with Gasteiger partial charge < -0.3 is 0 Å². The molecule has 0 saturated carbocycles. The van der Waals surface area contributed by atoms with Crippen LogP contribution in [0.2, 0.25) is 12.6 Å². The van der Waals surface area contributed by atoms with Crippen molar-refractivity contribution in [2.24, 2.45) is 0 Å². The highest BCUT2D eigenvalue weighted by Gasteiger charge is 1.85. The van der Waals surface area contributed by atoms with E-state index in [-0.39, 0.29) is 0 Å². The van der Waals surface area contributed by atoms with Crippen LogP contribution in [0.5, 0.6) is 0 Å². The molecule has 0 unspecified atom stereocenters. The molecule has 0 heterocycles. The summed E-state index contributed by atoms with van der Waals surface area (Å²) in [6.45, 7) is 4.46. The predicted molar refractivity (Wildman–Crippen MR) is 40.6 cm³/mol. The van der Waals surface area contributed by atoms with Crippen LogP contribution in [0.15, 0.2) is 0 Å². The average molecular weight is 111 g/mol. The minimum atomic E-state index is 1.31. The first-order chi connectivity index (χ1) is 3.91. The molecule has 0 aromatic heterocycles. The van der Waals surface area contributed by atoms with Gasteiger partial charge in [-0.1, -0.05) is 45.8 Å². The Hall–Kier alpha value is 0.0649. The third kappa shape index (κ3) is 6.06. The molecule has 8 heavy (non-hydrogen) atoms. The van der Waals surface area contributed by atoms with Crippen LogP contribution in [-0.4, -0.2) is 7.28 Å². The third-order valence-electron chi connectivity index (χ3n) is 1.25. The quantitative estimate of drug-likeness (QED) is 0.378. The highest BCUT2D eigenvalue weighted by Crippen LogP contribution is 1.97. The molecule has 0 atom stereocenters. The van der Waals surface area contributed by atoms with E-state index in [1.807, 2.05) is 0 Å². The van der Waals surface area contributed by atoms with Crippen molar-refractivity contribution in [1.29, 1.82) is 0 Å². The van der Waals surface area contributed by atoms with Gasteiger partial charge in [0.05, 0.1) is 0 Å². The van der Waals surface area contributed by atoms with Crippen molar-refractivity contribution in [2.75, 3.05) is 0 Å². The fraction of sp³-hybridized carbons (Fsp3) is 1.00. The number of hydrogen-bond donors (Lipinski definition) is 0. The van der Waals surface area contributed by atoms with E-state index in [0.29, 0.717) is 0 Å². The molecule has 0 fully saturated rings. The van der Waals surface area contributed by atoms with Crippen LogP contribution < -0.4 is 0 Å². The van der Waals surface area contributed by atoms with Crippen molar-refractivity contribution < 1.29 is 0 Å². The molecule has 0 spiro atoms. The van der Waals surface area contributed by atoms with Crippen LogP contribution in [0.1, 0.15) is 33.1 Å². The Kier molecular flexibility index (Phi) is 7.12. The topological polar surface area (TPSA) is 0 Å². The highest BCUT2D eigenvalue weighted by atomic mass is 13.7. The molecule has 1 heteroatoms. The Balaban J connectivity index is 2.53. The van der Waals surface area contributed by atoms with Gasteiger partial charge in [0.25, 0.3) is 0 Å². The Morgan fingerprint density at radius 3 is 2.25 bits per heavy atom. The predicted octanol–water partition coefficient (Wildman–Crippen LogP) is 2.74. The molecule has 0 nitrogen and oxygen atoms in total. The van der Waals surface area contributed by atoms with Crippen molar-refractivity contribution in [2.45, 2.75) is 45.8 Å². The number of hydrogen-bond acceptors (Lipinski definition) is 0. The molecule has 0 aromatic rings. The number of unbranched alkanes of at least 4 members (excludes halogenated alkanes) is 1. The first-order valence-corrected chi connectivity index (χ1v) is 3.73. The maximum Gasteiger partial charge on any atom is 0.109 e. The second-order valence-electron chi connectivity index (χ2n) is 2.22.